The Morgan fingerprint density at radius 1 is 1.39 bits per heavy atom. The molecule has 0 aromatic carbocycles. The summed E-state index contributed by atoms with van der Waals surface area (Å²) in [5, 5.41) is 12.4. The third-order valence-electron chi connectivity index (χ3n) is 5.04. The van der Waals surface area contributed by atoms with Gasteiger partial charge in [0, 0.05) is 18.3 Å². The van der Waals surface area contributed by atoms with E-state index in [1.165, 1.54) is 6.42 Å². The lowest BCUT2D eigenvalue weighted by molar-refractivity contribution is 0.0729. The zero-order valence-electron chi connectivity index (χ0n) is 14.1. The maximum atomic E-state index is 12.7. The average Bonchev–Trinajstić information content (AvgIpc) is 3.24. The molecule has 23 heavy (non-hydrogen) atoms. The fourth-order valence-electron chi connectivity index (χ4n) is 3.63. The first kappa shape index (κ1) is 16.8. The first-order valence-corrected chi connectivity index (χ1v) is 9.75. The molecule has 0 spiro atoms. The number of piperidine rings is 1. The molecule has 2 aliphatic rings. The molecule has 0 bridgehead atoms. The van der Waals surface area contributed by atoms with Crippen molar-refractivity contribution in [2.75, 3.05) is 25.9 Å². The summed E-state index contributed by atoms with van der Waals surface area (Å²) in [6.45, 7) is 4.21. The van der Waals surface area contributed by atoms with Crippen LogP contribution in [0.2, 0.25) is 0 Å². The van der Waals surface area contributed by atoms with Gasteiger partial charge in [-0.3, -0.25) is 4.79 Å². The SMILES string of the molecule is CCSC1CCC(N(C)C(=O)c2cn(C3CCNCC3)nn2)C1. The van der Waals surface area contributed by atoms with E-state index in [4.69, 9.17) is 0 Å². The second kappa shape index (κ2) is 7.66. The van der Waals surface area contributed by atoms with Gasteiger partial charge in [-0.25, -0.2) is 4.68 Å². The van der Waals surface area contributed by atoms with Crippen molar-refractivity contribution in [2.45, 2.75) is 56.4 Å². The van der Waals surface area contributed by atoms with Crippen LogP contribution in [0.25, 0.3) is 0 Å². The molecule has 1 aliphatic carbocycles. The fourth-order valence-corrected chi connectivity index (χ4v) is 4.76. The van der Waals surface area contributed by atoms with Crippen LogP contribution < -0.4 is 5.32 Å². The molecule has 1 saturated carbocycles. The highest BCUT2D eigenvalue weighted by molar-refractivity contribution is 7.99. The molecule has 2 unspecified atom stereocenters. The average molecular weight is 337 g/mol. The zero-order valence-corrected chi connectivity index (χ0v) is 14.9. The van der Waals surface area contributed by atoms with Gasteiger partial charge in [-0.2, -0.15) is 11.8 Å². The number of nitrogens with zero attached hydrogens (tertiary/aromatic N) is 4. The van der Waals surface area contributed by atoms with E-state index in [2.05, 4.69) is 22.6 Å². The van der Waals surface area contributed by atoms with Crippen LogP contribution in [0, 0.1) is 0 Å². The third-order valence-corrected chi connectivity index (χ3v) is 6.27. The van der Waals surface area contributed by atoms with Crippen molar-refractivity contribution in [3.63, 3.8) is 0 Å². The van der Waals surface area contributed by atoms with Crippen molar-refractivity contribution in [1.29, 1.82) is 0 Å². The number of hydrogen-bond donors (Lipinski definition) is 1. The first-order chi connectivity index (χ1) is 11.2. The van der Waals surface area contributed by atoms with Crippen molar-refractivity contribution in [1.82, 2.24) is 25.2 Å². The number of rotatable bonds is 5. The maximum absolute atomic E-state index is 12.7. The van der Waals surface area contributed by atoms with E-state index in [1.807, 2.05) is 34.6 Å². The summed E-state index contributed by atoms with van der Waals surface area (Å²) in [6, 6.07) is 0.711. The Kier molecular flexibility index (Phi) is 5.58. The summed E-state index contributed by atoms with van der Waals surface area (Å²) in [5.74, 6) is 1.16. The zero-order chi connectivity index (χ0) is 16.2. The highest BCUT2D eigenvalue weighted by Crippen LogP contribution is 2.32. The quantitative estimate of drug-likeness (QED) is 0.890. The lowest BCUT2D eigenvalue weighted by Gasteiger charge is -2.24. The first-order valence-electron chi connectivity index (χ1n) is 8.70. The van der Waals surface area contributed by atoms with Crippen LogP contribution in [-0.4, -0.2) is 63.0 Å². The predicted octanol–water partition coefficient (Wildman–Crippen LogP) is 1.95. The van der Waals surface area contributed by atoms with Crippen LogP contribution in [0.5, 0.6) is 0 Å². The molecule has 1 aliphatic heterocycles. The molecular weight excluding hydrogens is 310 g/mol. The molecule has 1 N–H and O–H groups in total. The molecule has 128 valence electrons. The van der Waals surface area contributed by atoms with Crippen LogP contribution in [0.4, 0.5) is 0 Å². The summed E-state index contributed by atoms with van der Waals surface area (Å²) in [5.41, 5.74) is 0.484. The lowest BCUT2D eigenvalue weighted by atomic mass is 10.1. The minimum absolute atomic E-state index is 0.0114. The second-order valence-corrected chi connectivity index (χ2v) is 8.10. The molecule has 2 atom stereocenters. The number of hydrogen-bond acceptors (Lipinski definition) is 5. The predicted molar refractivity (Wildman–Crippen MR) is 92.8 cm³/mol. The molecule has 0 radical (unpaired) electrons. The van der Waals surface area contributed by atoms with Crippen LogP contribution in [0.15, 0.2) is 6.20 Å². The summed E-state index contributed by atoms with van der Waals surface area (Å²) in [7, 11) is 1.91. The van der Waals surface area contributed by atoms with Gasteiger partial charge in [0.05, 0.1) is 12.2 Å². The molecule has 1 aromatic rings. The Bertz CT molecular complexity index is 528. The summed E-state index contributed by atoms with van der Waals surface area (Å²) in [6.07, 6.45) is 7.34. The second-order valence-electron chi connectivity index (χ2n) is 6.53. The smallest absolute Gasteiger partial charge is 0.276 e. The van der Waals surface area contributed by atoms with Gasteiger partial charge in [-0.05, 0) is 50.9 Å². The van der Waals surface area contributed by atoms with Crippen molar-refractivity contribution in [3.8, 4) is 0 Å². The standard InChI is InChI=1S/C16H27N5OS/c1-3-23-14-5-4-13(10-14)20(2)16(22)15-11-21(19-18-15)12-6-8-17-9-7-12/h11-14,17H,3-10H2,1-2H3. The highest BCUT2D eigenvalue weighted by atomic mass is 32.2. The number of nitrogens with one attached hydrogen (secondary N) is 1. The number of aromatic nitrogens is 3. The van der Waals surface area contributed by atoms with E-state index in [-0.39, 0.29) is 5.91 Å². The van der Waals surface area contributed by atoms with Gasteiger partial charge in [-0.15, -0.1) is 5.10 Å². The molecule has 2 fully saturated rings. The van der Waals surface area contributed by atoms with Gasteiger partial charge in [0.25, 0.3) is 5.91 Å². The van der Waals surface area contributed by atoms with Crippen LogP contribution in [-0.2, 0) is 0 Å². The van der Waals surface area contributed by atoms with E-state index in [0.717, 1.165) is 44.5 Å². The van der Waals surface area contributed by atoms with Gasteiger partial charge in [0.15, 0.2) is 5.69 Å². The van der Waals surface area contributed by atoms with Gasteiger partial charge in [0.2, 0.25) is 0 Å². The normalized spacial score (nSPS) is 25.7. The summed E-state index contributed by atoms with van der Waals surface area (Å²) >= 11 is 2.01. The van der Waals surface area contributed by atoms with E-state index in [9.17, 15) is 4.79 Å². The Morgan fingerprint density at radius 2 is 2.17 bits per heavy atom. The van der Waals surface area contributed by atoms with Crippen LogP contribution in [0.1, 0.15) is 55.6 Å². The molecule has 2 heterocycles. The monoisotopic (exact) mass is 337 g/mol. The molecule has 3 rings (SSSR count). The van der Waals surface area contributed by atoms with E-state index < -0.39 is 0 Å². The van der Waals surface area contributed by atoms with Crippen molar-refractivity contribution in [3.05, 3.63) is 11.9 Å². The molecule has 1 aromatic heterocycles. The largest absolute Gasteiger partial charge is 0.337 e. The fraction of sp³-hybridized carbons (Fsp3) is 0.812. The van der Waals surface area contributed by atoms with Gasteiger partial charge >= 0.3 is 0 Å². The number of carbonyl (C=O) groups excluding carboxylic acids is 1. The number of amides is 1. The number of thioether (sulfide) groups is 1. The topological polar surface area (TPSA) is 63.1 Å². The van der Waals surface area contributed by atoms with Crippen molar-refractivity contribution in [2.24, 2.45) is 0 Å². The molecular formula is C16H27N5OS. The van der Waals surface area contributed by atoms with Crippen LogP contribution in [0.3, 0.4) is 0 Å². The Balaban J connectivity index is 1.60. The minimum atomic E-state index is 0.0114. The van der Waals surface area contributed by atoms with Crippen molar-refractivity contribution < 1.29 is 4.79 Å². The highest BCUT2D eigenvalue weighted by Gasteiger charge is 2.31. The Morgan fingerprint density at radius 3 is 2.91 bits per heavy atom. The van der Waals surface area contributed by atoms with Gasteiger partial charge in [0.1, 0.15) is 0 Å². The molecule has 1 saturated heterocycles. The maximum Gasteiger partial charge on any atom is 0.276 e. The molecule has 6 nitrogen and oxygen atoms in total. The van der Waals surface area contributed by atoms with Gasteiger partial charge in [-0.1, -0.05) is 12.1 Å². The third kappa shape index (κ3) is 3.88. The number of carbonyl (C=O) groups is 1. The van der Waals surface area contributed by atoms with Gasteiger partial charge < -0.3 is 10.2 Å². The summed E-state index contributed by atoms with van der Waals surface area (Å²) in [4.78, 5) is 14.6. The molecule has 1 amide bonds. The lowest BCUT2D eigenvalue weighted by Crippen LogP contribution is -2.35. The van der Waals surface area contributed by atoms with Crippen molar-refractivity contribution >= 4 is 17.7 Å². The Labute approximate surface area is 142 Å². The van der Waals surface area contributed by atoms with Crippen LogP contribution >= 0.6 is 11.8 Å². The molecule has 7 heteroatoms. The van der Waals surface area contributed by atoms with E-state index in [0.29, 0.717) is 23.0 Å². The minimum Gasteiger partial charge on any atom is -0.337 e. The summed E-state index contributed by atoms with van der Waals surface area (Å²) < 4.78 is 1.88. The van der Waals surface area contributed by atoms with E-state index in [1.54, 1.807) is 0 Å². The van der Waals surface area contributed by atoms with E-state index >= 15 is 0 Å². The Hall–Kier alpha value is -1.08.